The number of ketones is 2. The summed E-state index contributed by atoms with van der Waals surface area (Å²) in [5, 5.41) is 0. The van der Waals surface area contributed by atoms with Gasteiger partial charge in [0.1, 0.15) is 0 Å². The Labute approximate surface area is 103 Å². The van der Waals surface area contributed by atoms with Crippen LogP contribution >= 0.6 is 0 Å². The monoisotopic (exact) mass is 232 g/mol. The number of hydrogen-bond donors (Lipinski definition) is 0. The van der Waals surface area contributed by atoms with E-state index in [-0.39, 0.29) is 23.4 Å². The second-order valence-corrected chi connectivity index (χ2v) is 4.61. The molecule has 0 radical (unpaired) electrons. The molecule has 92 valence electrons. The van der Waals surface area contributed by atoms with E-state index in [1.165, 1.54) is 0 Å². The zero-order valence-electron chi connectivity index (χ0n) is 10.8. The van der Waals surface area contributed by atoms with Crippen molar-refractivity contribution in [3.05, 3.63) is 36.0 Å². The lowest BCUT2D eigenvalue weighted by Crippen LogP contribution is -2.13. The predicted molar refractivity (Wildman–Crippen MR) is 69.6 cm³/mol. The number of carbonyl (C=O) groups is 2. The van der Waals surface area contributed by atoms with Crippen molar-refractivity contribution in [3.63, 3.8) is 0 Å². The van der Waals surface area contributed by atoms with Crippen molar-refractivity contribution in [2.45, 2.75) is 33.6 Å². The first-order valence-electron chi connectivity index (χ1n) is 6.14. The molecule has 17 heavy (non-hydrogen) atoms. The highest BCUT2D eigenvalue weighted by atomic mass is 16.1. The Bertz CT molecular complexity index is 399. The molecule has 0 heterocycles. The summed E-state index contributed by atoms with van der Waals surface area (Å²) in [6.07, 6.45) is 6.48. The van der Waals surface area contributed by atoms with E-state index in [0.717, 1.165) is 6.42 Å². The normalized spacial score (nSPS) is 30.8. The minimum atomic E-state index is -0.0945. The number of hydrogen-bond acceptors (Lipinski definition) is 2. The molecule has 2 heteroatoms. The zero-order chi connectivity index (χ0) is 13.0. The van der Waals surface area contributed by atoms with Crippen molar-refractivity contribution in [2.75, 3.05) is 0 Å². The van der Waals surface area contributed by atoms with Crippen LogP contribution in [-0.2, 0) is 9.59 Å². The summed E-state index contributed by atoms with van der Waals surface area (Å²) >= 11 is 0. The summed E-state index contributed by atoms with van der Waals surface area (Å²) in [5.74, 6) is -0.0367. The van der Waals surface area contributed by atoms with Crippen LogP contribution in [0.5, 0.6) is 0 Å². The molecule has 1 saturated carbocycles. The molecule has 0 saturated heterocycles. The summed E-state index contributed by atoms with van der Waals surface area (Å²) in [6, 6.07) is 0. The van der Waals surface area contributed by atoms with E-state index in [0.29, 0.717) is 17.6 Å². The van der Waals surface area contributed by atoms with Crippen LogP contribution in [0.1, 0.15) is 33.6 Å². The van der Waals surface area contributed by atoms with Gasteiger partial charge in [-0.2, -0.15) is 0 Å². The van der Waals surface area contributed by atoms with Crippen LogP contribution in [0.2, 0.25) is 0 Å². The summed E-state index contributed by atoms with van der Waals surface area (Å²) in [4.78, 5) is 24.4. The lowest BCUT2D eigenvalue weighted by atomic mass is 9.94. The van der Waals surface area contributed by atoms with Crippen LogP contribution in [0.15, 0.2) is 36.0 Å². The van der Waals surface area contributed by atoms with Gasteiger partial charge >= 0.3 is 0 Å². The SMILES string of the molecule is C=C/C=C1/C(=O)C(C)CC(C)C(=O)/C1=C/CC. The van der Waals surface area contributed by atoms with E-state index in [1.54, 1.807) is 12.2 Å². The van der Waals surface area contributed by atoms with Crippen molar-refractivity contribution in [2.24, 2.45) is 11.8 Å². The lowest BCUT2D eigenvalue weighted by Gasteiger charge is -2.08. The summed E-state index contributed by atoms with van der Waals surface area (Å²) in [7, 11) is 0. The van der Waals surface area contributed by atoms with Crippen molar-refractivity contribution >= 4 is 11.6 Å². The Morgan fingerprint density at radius 3 is 2.18 bits per heavy atom. The molecular formula is C15H20O2. The maximum Gasteiger partial charge on any atom is 0.166 e. The van der Waals surface area contributed by atoms with E-state index in [4.69, 9.17) is 0 Å². The molecule has 1 rings (SSSR count). The molecule has 0 N–H and O–H groups in total. The topological polar surface area (TPSA) is 34.1 Å². The summed E-state index contributed by atoms with van der Waals surface area (Å²) < 4.78 is 0. The van der Waals surface area contributed by atoms with Crippen LogP contribution in [-0.4, -0.2) is 11.6 Å². The maximum atomic E-state index is 12.2. The largest absolute Gasteiger partial charge is 0.294 e. The molecule has 1 fully saturated rings. The van der Waals surface area contributed by atoms with E-state index in [9.17, 15) is 9.59 Å². The van der Waals surface area contributed by atoms with Gasteiger partial charge in [-0.3, -0.25) is 9.59 Å². The third kappa shape index (κ3) is 2.82. The fraction of sp³-hybridized carbons (Fsp3) is 0.467. The molecule has 0 aromatic carbocycles. The average molecular weight is 232 g/mol. The first-order valence-corrected chi connectivity index (χ1v) is 6.14. The predicted octanol–water partition coefficient (Wildman–Crippen LogP) is 3.25. The molecular weight excluding hydrogens is 212 g/mol. The Kier molecular flexibility index (Phi) is 4.62. The maximum absolute atomic E-state index is 12.2. The number of Topliss-reactive ketones (excluding diaryl/α,β-unsaturated/α-hetero) is 2. The third-order valence-electron chi connectivity index (χ3n) is 3.12. The van der Waals surface area contributed by atoms with Gasteiger partial charge in [-0.15, -0.1) is 0 Å². The summed E-state index contributed by atoms with van der Waals surface area (Å²) in [5.41, 5.74) is 1.11. The fourth-order valence-corrected chi connectivity index (χ4v) is 2.25. The molecule has 1 aliphatic carbocycles. The standard InChI is InChI=1S/C15H20O2/c1-5-7-12-13(8-6-2)15(17)11(4)9-10(3)14(12)16/h5,7-8,10-11H,1,6,9H2,2-4H3/b12-7+,13-8+. The van der Waals surface area contributed by atoms with Gasteiger partial charge in [-0.05, 0) is 12.8 Å². The molecule has 1 aliphatic rings. The molecule has 0 aromatic rings. The van der Waals surface area contributed by atoms with Crippen LogP contribution < -0.4 is 0 Å². The highest BCUT2D eigenvalue weighted by Crippen LogP contribution is 2.30. The molecule has 0 bridgehead atoms. The first-order chi connectivity index (χ1) is 8.02. The Morgan fingerprint density at radius 1 is 1.18 bits per heavy atom. The average Bonchev–Trinajstić information content (AvgIpc) is 2.36. The van der Waals surface area contributed by atoms with Crippen molar-refractivity contribution in [3.8, 4) is 0 Å². The molecule has 2 nitrogen and oxygen atoms in total. The van der Waals surface area contributed by atoms with Crippen molar-refractivity contribution in [1.82, 2.24) is 0 Å². The fourth-order valence-electron chi connectivity index (χ4n) is 2.25. The molecule has 2 atom stereocenters. The molecule has 0 aromatic heterocycles. The number of carbonyl (C=O) groups excluding carboxylic acids is 2. The second-order valence-electron chi connectivity index (χ2n) is 4.61. The third-order valence-corrected chi connectivity index (χ3v) is 3.12. The lowest BCUT2D eigenvalue weighted by molar-refractivity contribution is -0.118. The Morgan fingerprint density at radius 2 is 1.71 bits per heavy atom. The highest BCUT2D eigenvalue weighted by molar-refractivity contribution is 6.15. The van der Waals surface area contributed by atoms with Crippen LogP contribution in [0.3, 0.4) is 0 Å². The van der Waals surface area contributed by atoms with E-state index >= 15 is 0 Å². The Balaban J connectivity index is 3.33. The van der Waals surface area contributed by atoms with Gasteiger partial charge in [-0.1, -0.05) is 45.6 Å². The molecule has 0 spiro atoms. The smallest absolute Gasteiger partial charge is 0.166 e. The summed E-state index contributed by atoms with van der Waals surface area (Å²) in [6.45, 7) is 9.37. The minimum Gasteiger partial charge on any atom is -0.294 e. The van der Waals surface area contributed by atoms with Gasteiger partial charge in [0.2, 0.25) is 0 Å². The van der Waals surface area contributed by atoms with Gasteiger partial charge in [0.05, 0.1) is 0 Å². The highest BCUT2D eigenvalue weighted by Gasteiger charge is 2.32. The first kappa shape index (κ1) is 13.6. The molecule has 2 unspecified atom stereocenters. The molecule has 0 amide bonds. The minimum absolute atomic E-state index is 0.0577. The van der Waals surface area contributed by atoms with Gasteiger partial charge in [0, 0.05) is 23.0 Å². The van der Waals surface area contributed by atoms with Crippen LogP contribution in [0.4, 0.5) is 0 Å². The molecule has 0 aliphatic heterocycles. The van der Waals surface area contributed by atoms with Gasteiger partial charge < -0.3 is 0 Å². The van der Waals surface area contributed by atoms with E-state index in [1.807, 2.05) is 26.8 Å². The van der Waals surface area contributed by atoms with Crippen molar-refractivity contribution in [1.29, 1.82) is 0 Å². The van der Waals surface area contributed by atoms with E-state index < -0.39 is 0 Å². The second kappa shape index (κ2) is 5.76. The quantitative estimate of drug-likeness (QED) is 0.541. The number of rotatable bonds is 2. The zero-order valence-corrected chi connectivity index (χ0v) is 10.8. The number of allylic oxidation sites excluding steroid dienone is 5. The van der Waals surface area contributed by atoms with Gasteiger partial charge in [0.15, 0.2) is 11.6 Å². The van der Waals surface area contributed by atoms with Crippen LogP contribution in [0, 0.1) is 11.8 Å². The van der Waals surface area contributed by atoms with Crippen molar-refractivity contribution < 1.29 is 9.59 Å². The van der Waals surface area contributed by atoms with E-state index in [2.05, 4.69) is 6.58 Å². The van der Waals surface area contributed by atoms with Gasteiger partial charge in [0.25, 0.3) is 0 Å². The van der Waals surface area contributed by atoms with Gasteiger partial charge in [-0.25, -0.2) is 0 Å². The van der Waals surface area contributed by atoms with Crippen LogP contribution in [0.25, 0.3) is 0 Å². The Hall–Kier alpha value is -1.44.